The SMILES string of the molecule is CCOC(=O)c1ccc(NCC2CSCCS2)nc1. The average molecular weight is 298 g/mol. The molecular weight excluding hydrogens is 280 g/mol. The second-order valence-corrected chi connectivity index (χ2v) is 6.66. The summed E-state index contributed by atoms with van der Waals surface area (Å²) in [5, 5.41) is 3.96. The van der Waals surface area contributed by atoms with Crippen molar-refractivity contribution in [2.75, 3.05) is 35.7 Å². The van der Waals surface area contributed by atoms with E-state index in [9.17, 15) is 4.79 Å². The number of aromatic nitrogens is 1. The zero-order valence-corrected chi connectivity index (χ0v) is 12.6. The van der Waals surface area contributed by atoms with E-state index in [1.807, 2.05) is 29.6 Å². The molecule has 0 spiro atoms. The van der Waals surface area contributed by atoms with E-state index in [0.717, 1.165) is 12.4 Å². The first kappa shape index (κ1) is 14.5. The standard InChI is InChI=1S/C13H18N2O2S2/c1-2-17-13(16)10-3-4-12(14-7-10)15-8-11-9-18-5-6-19-11/h3-4,7,11H,2,5-6,8-9H2,1H3,(H,14,15). The Morgan fingerprint density at radius 3 is 3.05 bits per heavy atom. The topological polar surface area (TPSA) is 51.2 Å². The molecule has 0 aromatic carbocycles. The fourth-order valence-corrected chi connectivity index (χ4v) is 4.32. The maximum Gasteiger partial charge on any atom is 0.339 e. The summed E-state index contributed by atoms with van der Waals surface area (Å²) in [4.78, 5) is 15.7. The van der Waals surface area contributed by atoms with Crippen LogP contribution in [-0.2, 0) is 4.74 Å². The van der Waals surface area contributed by atoms with E-state index in [0.29, 0.717) is 17.4 Å². The third-order valence-corrected chi connectivity index (χ3v) is 5.52. The Morgan fingerprint density at radius 1 is 1.53 bits per heavy atom. The van der Waals surface area contributed by atoms with Gasteiger partial charge in [0.15, 0.2) is 0 Å². The van der Waals surface area contributed by atoms with Crippen molar-refractivity contribution in [1.82, 2.24) is 4.98 Å². The monoisotopic (exact) mass is 298 g/mol. The van der Waals surface area contributed by atoms with Crippen molar-refractivity contribution < 1.29 is 9.53 Å². The summed E-state index contributed by atoms with van der Waals surface area (Å²) in [6, 6.07) is 3.57. The molecule has 6 heteroatoms. The molecule has 0 amide bonds. The average Bonchev–Trinajstić information content (AvgIpc) is 2.47. The quantitative estimate of drug-likeness (QED) is 0.843. The van der Waals surface area contributed by atoms with Crippen LogP contribution in [0.4, 0.5) is 5.82 Å². The predicted octanol–water partition coefficient (Wildman–Crippen LogP) is 2.52. The highest BCUT2D eigenvalue weighted by Crippen LogP contribution is 2.24. The van der Waals surface area contributed by atoms with Crippen LogP contribution in [0.5, 0.6) is 0 Å². The third-order valence-electron chi connectivity index (χ3n) is 2.67. The third kappa shape index (κ3) is 4.62. The molecule has 0 radical (unpaired) electrons. The Hall–Kier alpha value is -0.880. The number of nitrogens with one attached hydrogen (secondary N) is 1. The highest BCUT2D eigenvalue weighted by atomic mass is 32.2. The molecule has 1 aromatic rings. The largest absolute Gasteiger partial charge is 0.462 e. The van der Waals surface area contributed by atoms with Gasteiger partial charge in [0.05, 0.1) is 12.2 Å². The molecule has 1 aromatic heterocycles. The van der Waals surface area contributed by atoms with Gasteiger partial charge in [-0.2, -0.15) is 23.5 Å². The van der Waals surface area contributed by atoms with Crippen molar-refractivity contribution in [2.24, 2.45) is 0 Å². The number of hydrogen-bond donors (Lipinski definition) is 1. The summed E-state index contributed by atoms with van der Waals surface area (Å²) in [5.41, 5.74) is 0.495. The van der Waals surface area contributed by atoms with Gasteiger partial charge in [0, 0.05) is 35.3 Å². The maximum atomic E-state index is 11.5. The highest BCUT2D eigenvalue weighted by molar-refractivity contribution is 8.06. The number of anilines is 1. The molecule has 0 saturated carbocycles. The molecule has 1 N–H and O–H groups in total. The van der Waals surface area contributed by atoms with Crippen LogP contribution in [0.15, 0.2) is 18.3 Å². The molecule has 1 saturated heterocycles. The Morgan fingerprint density at radius 2 is 2.42 bits per heavy atom. The van der Waals surface area contributed by atoms with Crippen LogP contribution in [0.1, 0.15) is 17.3 Å². The Kier molecular flexibility index (Phi) is 5.85. The minimum absolute atomic E-state index is 0.319. The number of hydrogen-bond acceptors (Lipinski definition) is 6. The lowest BCUT2D eigenvalue weighted by Gasteiger charge is -2.21. The fourth-order valence-electron chi connectivity index (χ4n) is 1.71. The van der Waals surface area contributed by atoms with Gasteiger partial charge in [0.1, 0.15) is 5.82 Å². The van der Waals surface area contributed by atoms with Gasteiger partial charge in [-0.25, -0.2) is 9.78 Å². The van der Waals surface area contributed by atoms with Crippen LogP contribution in [-0.4, -0.2) is 46.6 Å². The van der Waals surface area contributed by atoms with Gasteiger partial charge < -0.3 is 10.1 Å². The van der Waals surface area contributed by atoms with E-state index >= 15 is 0 Å². The molecule has 19 heavy (non-hydrogen) atoms. The van der Waals surface area contributed by atoms with Crippen LogP contribution in [0.2, 0.25) is 0 Å². The molecule has 1 fully saturated rings. The van der Waals surface area contributed by atoms with Crippen LogP contribution >= 0.6 is 23.5 Å². The Balaban J connectivity index is 1.82. The Bertz CT molecular complexity index is 406. The molecule has 1 aliphatic rings. The van der Waals surface area contributed by atoms with Crippen molar-refractivity contribution in [2.45, 2.75) is 12.2 Å². The van der Waals surface area contributed by atoms with E-state index in [-0.39, 0.29) is 5.97 Å². The number of ether oxygens (including phenoxy) is 1. The molecule has 1 aliphatic heterocycles. The summed E-state index contributed by atoms with van der Waals surface area (Å²) < 4.78 is 4.92. The lowest BCUT2D eigenvalue weighted by Crippen LogP contribution is -2.23. The van der Waals surface area contributed by atoms with Crippen LogP contribution in [0, 0.1) is 0 Å². The molecular formula is C13H18N2O2S2. The number of esters is 1. The van der Waals surface area contributed by atoms with Crippen LogP contribution in [0.25, 0.3) is 0 Å². The molecule has 2 heterocycles. The second-order valence-electron chi connectivity index (χ2n) is 4.10. The highest BCUT2D eigenvalue weighted by Gasteiger charge is 2.14. The summed E-state index contributed by atoms with van der Waals surface area (Å²) in [5.74, 6) is 4.17. The zero-order valence-electron chi connectivity index (χ0n) is 10.9. The maximum absolute atomic E-state index is 11.5. The Labute approximate surface area is 122 Å². The van der Waals surface area contributed by atoms with Crippen molar-refractivity contribution in [3.05, 3.63) is 23.9 Å². The molecule has 104 valence electrons. The van der Waals surface area contributed by atoms with Crippen molar-refractivity contribution >= 4 is 35.3 Å². The minimum Gasteiger partial charge on any atom is -0.462 e. The predicted molar refractivity (Wildman–Crippen MR) is 82.3 cm³/mol. The normalized spacial score (nSPS) is 18.9. The summed E-state index contributed by atoms with van der Waals surface area (Å²) in [6.07, 6.45) is 1.56. The van der Waals surface area contributed by atoms with E-state index in [2.05, 4.69) is 10.3 Å². The second kappa shape index (κ2) is 7.65. The number of pyridine rings is 1. The summed E-state index contributed by atoms with van der Waals surface area (Å²) in [7, 11) is 0. The van der Waals surface area contributed by atoms with Gasteiger partial charge in [0.25, 0.3) is 0 Å². The number of thioether (sulfide) groups is 2. The van der Waals surface area contributed by atoms with Gasteiger partial charge in [-0.05, 0) is 19.1 Å². The zero-order chi connectivity index (χ0) is 13.5. The van der Waals surface area contributed by atoms with Gasteiger partial charge in [0.2, 0.25) is 0 Å². The summed E-state index contributed by atoms with van der Waals surface area (Å²) >= 11 is 4.02. The van der Waals surface area contributed by atoms with Gasteiger partial charge >= 0.3 is 5.97 Å². The molecule has 1 unspecified atom stereocenters. The van der Waals surface area contributed by atoms with E-state index < -0.39 is 0 Å². The van der Waals surface area contributed by atoms with Crippen LogP contribution < -0.4 is 5.32 Å². The molecule has 0 bridgehead atoms. The minimum atomic E-state index is -0.319. The van der Waals surface area contributed by atoms with Gasteiger partial charge in [-0.3, -0.25) is 0 Å². The fraction of sp³-hybridized carbons (Fsp3) is 0.538. The van der Waals surface area contributed by atoms with E-state index in [1.165, 1.54) is 17.3 Å². The number of rotatable bonds is 5. The molecule has 0 aliphatic carbocycles. The number of nitrogens with zero attached hydrogens (tertiary/aromatic N) is 1. The van der Waals surface area contributed by atoms with Gasteiger partial charge in [-0.15, -0.1) is 0 Å². The van der Waals surface area contributed by atoms with Crippen molar-refractivity contribution in [3.8, 4) is 0 Å². The summed E-state index contributed by atoms with van der Waals surface area (Å²) in [6.45, 7) is 3.10. The number of carbonyl (C=O) groups excluding carboxylic acids is 1. The molecule has 2 rings (SSSR count). The first-order valence-corrected chi connectivity index (χ1v) is 8.56. The lowest BCUT2D eigenvalue weighted by molar-refractivity contribution is 0.0526. The van der Waals surface area contributed by atoms with Gasteiger partial charge in [-0.1, -0.05) is 0 Å². The van der Waals surface area contributed by atoms with Crippen molar-refractivity contribution in [1.29, 1.82) is 0 Å². The molecule has 1 atom stereocenters. The van der Waals surface area contributed by atoms with E-state index in [4.69, 9.17) is 4.74 Å². The first-order chi connectivity index (χ1) is 9.29. The van der Waals surface area contributed by atoms with Crippen LogP contribution in [0.3, 0.4) is 0 Å². The van der Waals surface area contributed by atoms with Crippen molar-refractivity contribution in [3.63, 3.8) is 0 Å². The van der Waals surface area contributed by atoms with E-state index in [1.54, 1.807) is 19.2 Å². The lowest BCUT2D eigenvalue weighted by atomic mass is 10.3. The number of carbonyl (C=O) groups is 1. The molecule has 4 nitrogen and oxygen atoms in total. The smallest absolute Gasteiger partial charge is 0.339 e. The first-order valence-electron chi connectivity index (χ1n) is 6.36.